The van der Waals surface area contributed by atoms with Gasteiger partial charge in [-0.1, -0.05) is 6.58 Å². The van der Waals surface area contributed by atoms with Crippen molar-refractivity contribution in [3.05, 3.63) is 12.7 Å². The molecular formula is C8H11NO4. The zero-order valence-electron chi connectivity index (χ0n) is 7.36. The molecule has 0 N–H and O–H groups in total. The van der Waals surface area contributed by atoms with Crippen LogP contribution < -0.4 is 0 Å². The SMILES string of the molecule is C=CC(=O)OC(COC#N)OCC. The minimum atomic E-state index is -0.852. The first-order chi connectivity index (χ1) is 6.24. The molecule has 1 unspecified atom stereocenters. The minimum absolute atomic E-state index is 0.107. The predicted molar refractivity (Wildman–Crippen MR) is 43.3 cm³/mol. The van der Waals surface area contributed by atoms with Crippen LogP contribution in [0.2, 0.25) is 0 Å². The molecule has 1 atom stereocenters. The van der Waals surface area contributed by atoms with Crippen molar-refractivity contribution in [3.63, 3.8) is 0 Å². The molecule has 0 aromatic heterocycles. The van der Waals surface area contributed by atoms with Crippen molar-refractivity contribution in [1.82, 2.24) is 0 Å². The normalized spacial score (nSPS) is 11.1. The van der Waals surface area contributed by atoms with Crippen molar-refractivity contribution in [3.8, 4) is 6.26 Å². The summed E-state index contributed by atoms with van der Waals surface area (Å²) in [4.78, 5) is 10.7. The van der Waals surface area contributed by atoms with Crippen LogP contribution in [0.25, 0.3) is 0 Å². The van der Waals surface area contributed by atoms with Crippen LogP contribution in [0, 0.1) is 11.5 Å². The van der Waals surface area contributed by atoms with E-state index in [-0.39, 0.29) is 6.61 Å². The number of esters is 1. The van der Waals surface area contributed by atoms with Gasteiger partial charge in [-0.15, -0.1) is 0 Å². The third kappa shape index (κ3) is 5.70. The lowest BCUT2D eigenvalue weighted by Gasteiger charge is -2.14. The fourth-order valence-electron chi connectivity index (χ4n) is 0.585. The Kier molecular flexibility index (Phi) is 6.28. The van der Waals surface area contributed by atoms with Gasteiger partial charge in [0, 0.05) is 12.7 Å². The summed E-state index contributed by atoms with van der Waals surface area (Å²) < 4.78 is 14.0. The van der Waals surface area contributed by atoms with Crippen LogP contribution in [0.5, 0.6) is 0 Å². The summed E-state index contributed by atoms with van der Waals surface area (Å²) in [6, 6.07) is 0. The van der Waals surface area contributed by atoms with Gasteiger partial charge in [0.25, 0.3) is 6.26 Å². The molecule has 0 fully saturated rings. The fraction of sp³-hybridized carbons (Fsp3) is 0.500. The van der Waals surface area contributed by atoms with Gasteiger partial charge >= 0.3 is 5.97 Å². The lowest BCUT2D eigenvalue weighted by Crippen LogP contribution is -2.25. The van der Waals surface area contributed by atoms with Crippen molar-refractivity contribution >= 4 is 5.97 Å². The second-order valence-corrected chi connectivity index (χ2v) is 1.93. The average molecular weight is 185 g/mol. The third-order valence-corrected chi connectivity index (χ3v) is 1.05. The predicted octanol–water partition coefficient (Wildman–Crippen LogP) is 0.576. The quantitative estimate of drug-likeness (QED) is 0.262. The summed E-state index contributed by atoms with van der Waals surface area (Å²) in [5.41, 5.74) is 0. The molecule has 72 valence electrons. The Balaban J connectivity index is 3.86. The van der Waals surface area contributed by atoms with Gasteiger partial charge < -0.3 is 14.2 Å². The minimum Gasteiger partial charge on any atom is -0.429 e. The van der Waals surface area contributed by atoms with Crippen molar-refractivity contribution in [2.24, 2.45) is 0 Å². The first kappa shape index (κ1) is 11.5. The van der Waals surface area contributed by atoms with E-state index in [1.54, 1.807) is 6.92 Å². The smallest absolute Gasteiger partial charge is 0.332 e. The van der Waals surface area contributed by atoms with Crippen LogP contribution in [-0.2, 0) is 19.0 Å². The second-order valence-electron chi connectivity index (χ2n) is 1.93. The topological polar surface area (TPSA) is 68.5 Å². The number of nitriles is 1. The van der Waals surface area contributed by atoms with E-state index in [0.717, 1.165) is 6.08 Å². The number of carbonyl (C=O) groups is 1. The summed E-state index contributed by atoms with van der Waals surface area (Å²) in [6.45, 7) is 5.21. The maximum atomic E-state index is 10.7. The molecule has 0 aliphatic carbocycles. The van der Waals surface area contributed by atoms with Crippen LogP contribution in [0.3, 0.4) is 0 Å². The highest BCUT2D eigenvalue weighted by Crippen LogP contribution is 1.97. The van der Waals surface area contributed by atoms with Gasteiger partial charge in [0.05, 0.1) is 0 Å². The maximum Gasteiger partial charge on any atom is 0.332 e. The number of rotatable bonds is 6. The molecule has 0 heterocycles. The summed E-state index contributed by atoms with van der Waals surface area (Å²) in [5, 5.41) is 8.09. The Morgan fingerprint density at radius 2 is 2.46 bits per heavy atom. The monoisotopic (exact) mass is 185 g/mol. The Bertz CT molecular complexity index is 209. The largest absolute Gasteiger partial charge is 0.429 e. The number of carbonyl (C=O) groups excluding carboxylic acids is 1. The molecule has 0 aromatic rings. The molecule has 0 saturated carbocycles. The van der Waals surface area contributed by atoms with Crippen molar-refractivity contribution < 1.29 is 19.0 Å². The van der Waals surface area contributed by atoms with Crippen LogP contribution in [0.1, 0.15) is 6.92 Å². The molecule has 0 rings (SSSR count). The molecular weight excluding hydrogens is 174 g/mol. The highest BCUT2D eigenvalue weighted by Gasteiger charge is 2.12. The molecule has 0 amide bonds. The Hall–Kier alpha value is -1.54. The van der Waals surface area contributed by atoms with Crippen LogP contribution >= 0.6 is 0 Å². The second kappa shape index (κ2) is 7.13. The van der Waals surface area contributed by atoms with Gasteiger partial charge in [-0.3, -0.25) is 0 Å². The highest BCUT2D eigenvalue weighted by atomic mass is 16.7. The molecule has 0 aromatic carbocycles. The zero-order chi connectivity index (χ0) is 10.1. The average Bonchev–Trinajstić information content (AvgIpc) is 2.14. The lowest BCUT2D eigenvalue weighted by atomic mass is 10.6. The van der Waals surface area contributed by atoms with Gasteiger partial charge in [-0.2, -0.15) is 5.26 Å². The molecule has 0 aliphatic heterocycles. The van der Waals surface area contributed by atoms with Crippen LogP contribution in [0.4, 0.5) is 0 Å². The van der Waals surface area contributed by atoms with E-state index in [9.17, 15) is 4.79 Å². The molecule has 5 heteroatoms. The molecule has 13 heavy (non-hydrogen) atoms. The van der Waals surface area contributed by atoms with E-state index < -0.39 is 12.3 Å². The maximum absolute atomic E-state index is 10.7. The van der Waals surface area contributed by atoms with Crippen molar-refractivity contribution in [1.29, 1.82) is 5.26 Å². The van der Waals surface area contributed by atoms with Gasteiger partial charge in [-0.05, 0) is 6.92 Å². The Morgan fingerprint density at radius 1 is 1.77 bits per heavy atom. The summed E-state index contributed by atoms with van der Waals surface area (Å²) in [7, 11) is 0. The molecule has 0 radical (unpaired) electrons. The molecule has 0 bridgehead atoms. The van der Waals surface area contributed by atoms with E-state index in [4.69, 9.17) is 10.00 Å². The molecule has 0 aliphatic rings. The van der Waals surface area contributed by atoms with Gasteiger partial charge in [0.15, 0.2) is 6.61 Å². The summed E-state index contributed by atoms with van der Waals surface area (Å²) in [6.07, 6.45) is 1.61. The van der Waals surface area contributed by atoms with Crippen molar-refractivity contribution in [2.45, 2.75) is 13.2 Å². The van der Waals surface area contributed by atoms with Crippen molar-refractivity contribution in [2.75, 3.05) is 13.2 Å². The van der Waals surface area contributed by atoms with E-state index in [1.165, 1.54) is 6.26 Å². The summed E-state index contributed by atoms with van der Waals surface area (Å²) >= 11 is 0. The lowest BCUT2D eigenvalue weighted by molar-refractivity contribution is -0.179. The molecule has 0 saturated heterocycles. The van der Waals surface area contributed by atoms with Gasteiger partial charge in [0.1, 0.15) is 0 Å². The molecule has 5 nitrogen and oxygen atoms in total. The first-order valence-corrected chi connectivity index (χ1v) is 3.70. The third-order valence-electron chi connectivity index (χ3n) is 1.05. The number of hydrogen-bond donors (Lipinski definition) is 0. The highest BCUT2D eigenvalue weighted by molar-refractivity contribution is 5.81. The zero-order valence-corrected chi connectivity index (χ0v) is 7.36. The Morgan fingerprint density at radius 3 is 2.92 bits per heavy atom. The van der Waals surface area contributed by atoms with Gasteiger partial charge in [-0.25, -0.2) is 4.79 Å². The fourth-order valence-corrected chi connectivity index (χ4v) is 0.585. The van der Waals surface area contributed by atoms with Crippen LogP contribution in [0.15, 0.2) is 12.7 Å². The van der Waals surface area contributed by atoms with Crippen LogP contribution in [-0.4, -0.2) is 25.5 Å². The van der Waals surface area contributed by atoms with E-state index in [0.29, 0.717) is 6.61 Å². The molecule has 0 spiro atoms. The van der Waals surface area contributed by atoms with E-state index in [2.05, 4.69) is 16.1 Å². The van der Waals surface area contributed by atoms with E-state index >= 15 is 0 Å². The Labute approximate surface area is 76.5 Å². The first-order valence-electron chi connectivity index (χ1n) is 3.70. The number of ether oxygens (including phenoxy) is 3. The standard InChI is InChI=1S/C8H11NO4/c1-3-7(10)13-8(12-4-2)5-11-6-9/h3,8H,1,4-5H2,2H3. The number of hydrogen-bond acceptors (Lipinski definition) is 5. The number of nitrogens with zero attached hydrogens (tertiary/aromatic N) is 1. The van der Waals surface area contributed by atoms with E-state index in [1.807, 2.05) is 0 Å². The van der Waals surface area contributed by atoms with Gasteiger partial charge in [0.2, 0.25) is 6.29 Å². The summed E-state index contributed by atoms with van der Waals surface area (Å²) in [5.74, 6) is -0.611.